The Hall–Kier alpha value is -2.42. The summed E-state index contributed by atoms with van der Waals surface area (Å²) < 4.78 is 2.04. The highest BCUT2D eigenvalue weighted by atomic mass is 15.3. The molecule has 0 atom stereocenters. The van der Waals surface area contributed by atoms with Crippen molar-refractivity contribution in [1.29, 1.82) is 0 Å². The van der Waals surface area contributed by atoms with E-state index in [1.54, 1.807) is 0 Å². The van der Waals surface area contributed by atoms with Crippen LogP contribution in [0.25, 0.3) is 11.3 Å². The molecule has 0 bridgehead atoms. The topological polar surface area (TPSA) is 30.7 Å². The van der Waals surface area contributed by atoms with Gasteiger partial charge in [-0.15, -0.1) is 0 Å². The van der Waals surface area contributed by atoms with Crippen LogP contribution >= 0.6 is 0 Å². The summed E-state index contributed by atoms with van der Waals surface area (Å²) in [5.74, 6) is 0. The molecule has 3 heteroatoms. The molecule has 0 aliphatic carbocycles. The maximum Gasteiger partial charge on any atom is 0.0690 e. The molecule has 0 radical (unpaired) electrons. The summed E-state index contributed by atoms with van der Waals surface area (Å²) in [5, 5.41) is 4.58. The van der Waals surface area contributed by atoms with Crippen molar-refractivity contribution < 1.29 is 0 Å². The van der Waals surface area contributed by atoms with E-state index in [2.05, 4.69) is 40.4 Å². The molecule has 3 rings (SSSR count). The van der Waals surface area contributed by atoms with Crippen molar-refractivity contribution in [3.63, 3.8) is 0 Å². The van der Waals surface area contributed by atoms with Crippen molar-refractivity contribution in [2.75, 3.05) is 0 Å². The zero-order chi connectivity index (χ0) is 13.1. The van der Waals surface area contributed by atoms with Crippen LogP contribution in [0.4, 0.5) is 0 Å². The Balaban J connectivity index is 1.99. The molecular weight excluding hydrogens is 234 g/mol. The van der Waals surface area contributed by atoms with E-state index >= 15 is 0 Å². The van der Waals surface area contributed by atoms with Gasteiger partial charge in [-0.2, -0.15) is 5.10 Å². The third kappa shape index (κ3) is 2.55. The van der Waals surface area contributed by atoms with Crippen molar-refractivity contribution in [2.24, 2.45) is 0 Å². The maximum absolute atomic E-state index is 4.58. The molecule has 0 aliphatic rings. The number of aryl methyl sites for hydroxylation is 1. The predicted molar refractivity (Wildman–Crippen MR) is 75.7 cm³/mol. The second-order valence-electron chi connectivity index (χ2n) is 4.55. The van der Waals surface area contributed by atoms with Crippen LogP contribution < -0.4 is 0 Å². The van der Waals surface area contributed by atoms with E-state index in [0.29, 0.717) is 0 Å². The second-order valence-corrected chi connectivity index (χ2v) is 4.55. The van der Waals surface area contributed by atoms with Gasteiger partial charge in [-0.05, 0) is 30.7 Å². The second kappa shape index (κ2) is 5.06. The van der Waals surface area contributed by atoms with Crippen molar-refractivity contribution >= 4 is 0 Å². The standard InChI is InChI=1S/C16H15N3/c1-13-11-16(15-7-9-17-10-8-15)19(18-13)12-14-5-3-2-4-6-14/h2-11H,12H2,1H3. The van der Waals surface area contributed by atoms with E-state index in [4.69, 9.17) is 0 Å². The van der Waals surface area contributed by atoms with Crippen LogP contribution in [-0.4, -0.2) is 14.8 Å². The monoisotopic (exact) mass is 249 g/mol. The molecule has 0 amide bonds. The van der Waals surface area contributed by atoms with Crippen molar-refractivity contribution in [2.45, 2.75) is 13.5 Å². The molecule has 19 heavy (non-hydrogen) atoms. The van der Waals surface area contributed by atoms with Gasteiger partial charge in [0.1, 0.15) is 0 Å². The molecule has 0 fully saturated rings. The molecule has 2 heterocycles. The molecule has 2 aromatic heterocycles. The van der Waals surface area contributed by atoms with Crippen molar-refractivity contribution in [3.8, 4) is 11.3 Å². The SMILES string of the molecule is Cc1cc(-c2ccncc2)n(Cc2ccccc2)n1. The zero-order valence-corrected chi connectivity index (χ0v) is 10.8. The lowest BCUT2D eigenvalue weighted by atomic mass is 10.2. The van der Waals surface area contributed by atoms with Gasteiger partial charge in [0.2, 0.25) is 0 Å². The summed E-state index contributed by atoms with van der Waals surface area (Å²) in [4.78, 5) is 4.06. The quantitative estimate of drug-likeness (QED) is 0.713. The number of hydrogen-bond donors (Lipinski definition) is 0. The van der Waals surface area contributed by atoms with E-state index in [-0.39, 0.29) is 0 Å². The lowest BCUT2D eigenvalue weighted by molar-refractivity contribution is 0.686. The molecule has 0 N–H and O–H groups in total. The Morgan fingerprint density at radius 2 is 1.74 bits per heavy atom. The average molecular weight is 249 g/mol. The average Bonchev–Trinajstić information content (AvgIpc) is 2.82. The molecule has 0 aliphatic heterocycles. The van der Waals surface area contributed by atoms with Gasteiger partial charge >= 0.3 is 0 Å². The number of benzene rings is 1. The van der Waals surface area contributed by atoms with Gasteiger partial charge in [-0.25, -0.2) is 0 Å². The Morgan fingerprint density at radius 1 is 1.00 bits per heavy atom. The highest BCUT2D eigenvalue weighted by molar-refractivity contribution is 5.59. The third-order valence-electron chi connectivity index (χ3n) is 3.05. The lowest BCUT2D eigenvalue weighted by Gasteiger charge is -2.07. The highest BCUT2D eigenvalue weighted by Crippen LogP contribution is 2.20. The molecule has 3 nitrogen and oxygen atoms in total. The zero-order valence-electron chi connectivity index (χ0n) is 10.8. The van der Waals surface area contributed by atoms with Crippen LogP contribution in [0, 0.1) is 6.92 Å². The van der Waals surface area contributed by atoms with E-state index in [9.17, 15) is 0 Å². The molecule has 0 saturated carbocycles. The van der Waals surface area contributed by atoms with E-state index in [1.807, 2.05) is 42.2 Å². The van der Waals surface area contributed by atoms with E-state index < -0.39 is 0 Å². The van der Waals surface area contributed by atoms with Crippen LogP contribution in [0.3, 0.4) is 0 Å². The molecule has 0 spiro atoms. The van der Waals surface area contributed by atoms with Crippen molar-refractivity contribution in [1.82, 2.24) is 14.8 Å². The predicted octanol–water partition coefficient (Wildman–Crippen LogP) is 3.30. The molecule has 0 saturated heterocycles. The fraction of sp³-hybridized carbons (Fsp3) is 0.125. The molecule has 0 unspecified atom stereocenters. The summed E-state index contributed by atoms with van der Waals surface area (Å²) in [6, 6.07) is 16.5. The Labute approximate surface area is 112 Å². The van der Waals surface area contributed by atoms with Gasteiger partial charge in [0.15, 0.2) is 0 Å². The minimum Gasteiger partial charge on any atom is -0.265 e. The van der Waals surface area contributed by atoms with E-state index in [0.717, 1.165) is 23.5 Å². The number of aromatic nitrogens is 3. The molecule has 94 valence electrons. The lowest BCUT2D eigenvalue weighted by Crippen LogP contribution is -2.03. The summed E-state index contributed by atoms with van der Waals surface area (Å²) in [7, 11) is 0. The number of nitrogens with zero attached hydrogens (tertiary/aromatic N) is 3. The molecule has 1 aromatic carbocycles. The number of pyridine rings is 1. The van der Waals surface area contributed by atoms with Crippen molar-refractivity contribution in [3.05, 3.63) is 72.2 Å². The minimum absolute atomic E-state index is 0.784. The first-order chi connectivity index (χ1) is 9.33. The maximum atomic E-state index is 4.58. The van der Waals surface area contributed by atoms with Crippen LogP contribution in [0.2, 0.25) is 0 Å². The minimum atomic E-state index is 0.784. The molecule has 3 aromatic rings. The van der Waals surface area contributed by atoms with E-state index in [1.165, 1.54) is 5.56 Å². The summed E-state index contributed by atoms with van der Waals surface area (Å²) in [6.07, 6.45) is 3.62. The van der Waals surface area contributed by atoms with Crippen LogP contribution in [-0.2, 0) is 6.54 Å². The highest BCUT2D eigenvalue weighted by Gasteiger charge is 2.08. The number of rotatable bonds is 3. The smallest absolute Gasteiger partial charge is 0.0690 e. The van der Waals surface area contributed by atoms with Crippen LogP contribution in [0.15, 0.2) is 60.9 Å². The number of hydrogen-bond acceptors (Lipinski definition) is 2. The van der Waals surface area contributed by atoms with Gasteiger partial charge in [-0.1, -0.05) is 30.3 Å². The summed E-state index contributed by atoms with van der Waals surface area (Å²) in [5.41, 5.74) is 4.55. The first-order valence-corrected chi connectivity index (χ1v) is 6.32. The fourth-order valence-corrected chi connectivity index (χ4v) is 2.18. The van der Waals surface area contributed by atoms with Gasteiger partial charge in [-0.3, -0.25) is 9.67 Å². The summed E-state index contributed by atoms with van der Waals surface area (Å²) in [6.45, 7) is 2.80. The first kappa shape index (κ1) is 11.7. The fourth-order valence-electron chi connectivity index (χ4n) is 2.18. The van der Waals surface area contributed by atoms with Gasteiger partial charge in [0, 0.05) is 18.0 Å². The first-order valence-electron chi connectivity index (χ1n) is 6.32. The van der Waals surface area contributed by atoms with Gasteiger partial charge in [0.05, 0.1) is 17.9 Å². The van der Waals surface area contributed by atoms with Gasteiger partial charge in [0.25, 0.3) is 0 Å². The Morgan fingerprint density at radius 3 is 2.47 bits per heavy atom. The summed E-state index contributed by atoms with van der Waals surface area (Å²) >= 11 is 0. The Kier molecular flexibility index (Phi) is 3.11. The van der Waals surface area contributed by atoms with Gasteiger partial charge < -0.3 is 0 Å². The normalized spacial score (nSPS) is 10.6. The Bertz CT molecular complexity index is 657. The molecular formula is C16H15N3. The third-order valence-corrected chi connectivity index (χ3v) is 3.05. The van der Waals surface area contributed by atoms with Crippen LogP contribution in [0.5, 0.6) is 0 Å². The van der Waals surface area contributed by atoms with Crippen LogP contribution in [0.1, 0.15) is 11.3 Å². The largest absolute Gasteiger partial charge is 0.265 e.